The van der Waals surface area contributed by atoms with Crippen molar-refractivity contribution >= 4 is 5.71 Å². The molecule has 2 fully saturated rings. The lowest BCUT2D eigenvalue weighted by Crippen LogP contribution is -2.23. The Morgan fingerprint density at radius 1 is 1.36 bits per heavy atom. The highest BCUT2D eigenvalue weighted by molar-refractivity contribution is 5.86. The van der Waals surface area contributed by atoms with Crippen LogP contribution in [0.2, 0.25) is 0 Å². The van der Waals surface area contributed by atoms with Crippen molar-refractivity contribution in [3.05, 3.63) is 0 Å². The summed E-state index contributed by atoms with van der Waals surface area (Å²) in [6, 6.07) is 0. The predicted octanol–water partition coefficient (Wildman–Crippen LogP) is 1.96. The van der Waals surface area contributed by atoms with Gasteiger partial charge in [0.15, 0.2) is 0 Å². The number of unbranched alkanes of at least 4 members (excludes halogenated alkanes) is 1. The van der Waals surface area contributed by atoms with Gasteiger partial charge >= 0.3 is 0 Å². The van der Waals surface area contributed by atoms with E-state index in [0.717, 1.165) is 30.4 Å². The molecule has 2 aliphatic rings. The number of likely N-dealkylation sites (tertiary alicyclic amines) is 1. The number of oxime groups is 1. The molecule has 0 bridgehead atoms. The van der Waals surface area contributed by atoms with Gasteiger partial charge in [-0.3, -0.25) is 0 Å². The summed E-state index contributed by atoms with van der Waals surface area (Å²) in [5.74, 6) is 1.55. The van der Waals surface area contributed by atoms with Gasteiger partial charge in [0.05, 0.1) is 5.71 Å². The normalized spacial score (nSPS) is 32.2. The lowest BCUT2D eigenvalue weighted by Gasteiger charge is -2.15. The third kappa shape index (κ3) is 1.92. The van der Waals surface area contributed by atoms with E-state index in [1.807, 2.05) is 0 Å². The van der Waals surface area contributed by atoms with Crippen LogP contribution in [0.4, 0.5) is 0 Å². The molecular formula is C11H20N2O. The molecule has 1 N–H and O–H groups in total. The molecule has 0 spiro atoms. The Labute approximate surface area is 85.8 Å². The van der Waals surface area contributed by atoms with Crippen LogP contribution in [0.3, 0.4) is 0 Å². The van der Waals surface area contributed by atoms with E-state index in [9.17, 15) is 0 Å². The molecule has 0 radical (unpaired) electrons. The number of rotatable bonds is 3. The van der Waals surface area contributed by atoms with Crippen LogP contribution < -0.4 is 0 Å². The quantitative estimate of drug-likeness (QED) is 0.553. The summed E-state index contributed by atoms with van der Waals surface area (Å²) in [4.78, 5) is 2.58. The zero-order valence-corrected chi connectivity index (χ0v) is 8.95. The Bertz CT molecular complexity index is 211. The molecule has 3 heteroatoms. The molecule has 0 aromatic heterocycles. The maximum atomic E-state index is 8.70. The second-order valence-electron chi connectivity index (χ2n) is 4.71. The van der Waals surface area contributed by atoms with Gasteiger partial charge in [0, 0.05) is 13.1 Å². The minimum absolute atomic E-state index is 0.776. The second-order valence-corrected chi connectivity index (χ2v) is 4.71. The molecule has 1 saturated heterocycles. The molecule has 14 heavy (non-hydrogen) atoms. The molecule has 0 aromatic carbocycles. The molecule has 1 aliphatic heterocycles. The van der Waals surface area contributed by atoms with Gasteiger partial charge in [-0.15, -0.1) is 0 Å². The van der Waals surface area contributed by atoms with Crippen molar-refractivity contribution in [2.75, 3.05) is 19.6 Å². The number of hydrogen-bond acceptors (Lipinski definition) is 3. The first kappa shape index (κ1) is 9.97. The second kappa shape index (κ2) is 4.30. The van der Waals surface area contributed by atoms with Gasteiger partial charge in [-0.1, -0.05) is 18.5 Å². The summed E-state index contributed by atoms with van der Waals surface area (Å²) in [6.07, 6.45) is 4.67. The summed E-state index contributed by atoms with van der Waals surface area (Å²) in [5.41, 5.74) is 1.02. The van der Waals surface area contributed by atoms with E-state index in [1.54, 1.807) is 0 Å². The fraction of sp³-hybridized carbons (Fsp3) is 0.909. The Morgan fingerprint density at radius 3 is 2.50 bits per heavy atom. The van der Waals surface area contributed by atoms with Crippen molar-refractivity contribution in [2.45, 2.75) is 32.6 Å². The molecule has 1 aliphatic carbocycles. The summed E-state index contributed by atoms with van der Waals surface area (Å²) in [5, 5.41) is 12.1. The Hall–Kier alpha value is -0.570. The third-order valence-electron chi connectivity index (χ3n) is 3.62. The zero-order chi connectivity index (χ0) is 9.97. The van der Waals surface area contributed by atoms with E-state index in [-0.39, 0.29) is 0 Å². The van der Waals surface area contributed by atoms with E-state index in [4.69, 9.17) is 5.21 Å². The molecule has 0 aromatic rings. The number of fused-ring (bicyclic) bond motifs is 1. The minimum Gasteiger partial charge on any atom is -0.411 e. The first-order valence-corrected chi connectivity index (χ1v) is 5.75. The van der Waals surface area contributed by atoms with Gasteiger partial charge in [-0.05, 0) is 37.6 Å². The van der Waals surface area contributed by atoms with E-state index in [2.05, 4.69) is 17.0 Å². The van der Waals surface area contributed by atoms with E-state index in [0.29, 0.717) is 0 Å². The number of hydrogen-bond donors (Lipinski definition) is 1. The topological polar surface area (TPSA) is 35.8 Å². The molecule has 2 unspecified atom stereocenters. The Balaban J connectivity index is 1.81. The van der Waals surface area contributed by atoms with Gasteiger partial charge in [0.2, 0.25) is 0 Å². The van der Waals surface area contributed by atoms with Crippen LogP contribution in [-0.2, 0) is 0 Å². The standard InChI is InChI=1S/C11H20N2O/c1-2-3-4-13-7-9-5-11(12-14)6-10(9)8-13/h9-10,14H,2-8H2,1H3. The molecule has 2 atom stereocenters. The Morgan fingerprint density at radius 2 is 2.00 bits per heavy atom. The largest absolute Gasteiger partial charge is 0.411 e. The zero-order valence-electron chi connectivity index (χ0n) is 8.95. The lowest BCUT2D eigenvalue weighted by atomic mass is 10.0. The lowest BCUT2D eigenvalue weighted by molar-refractivity contribution is 0.305. The summed E-state index contributed by atoms with van der Waals surface area (Å²) in [6.45, 7) is 5.95. The van der Waals surface area contributed by atoms with Crippen LogP contribution in [0, 0.1) is 11.8 Å². The number of nitrogens with zero attached hydrogens (tertiary/aromatic N) is 2. The summed E-state index contributed by atoms with van der Waals surface area (Å²) in [7, 11) is 0. The molecule has 1 heterocycles. The van der Waals surface area contributed by atoms with E-state index >= 15 is 0 Å². The van der Waals surface area contributed by atoms with Gasteiger partial charge in [0.25, 0.3) is 0 Å². The van der Waals surface area contributed by atoms with Crippen molar-refractivity contribution in [3.8, 4) is 0 Å². The Kier molecular flexibility index (Phi) is 3.06. The molecule has 80 valence electrons. The highest BCUT2D eigenvalue weighted by Gasteiger charge is 2.38. The fourth-order valence-electron chi connectivity index (χ4n) is 2.83. The predicted molar refractivity (Wildman–Crippen MR) is 56.8 cm³/mol. The molecule has 2 rings (SSSR count). The van der Waals surface area contributed by atoms with Crippen LogP contribution in [0.15, 0.2) is 5.16 Å². The molecular weight excluding hydrogens is 176 g/mol. The average molecular weight is 196 g/mol. The van der Waals surface area contributed by atoms with Crippen molar-refractivity contribution in [1.29, 1.82) is 0 Å². The first-order chi connectivity index (χ1) is 6.83. The van der Waals surface area contributed by atoms with Crippen molar-refractivity contribution < 1.29 is 5.21 Å². The summed E-state index contributed by atoms with van der Waals surface area (Å²) >= 11 is 0. The van der Waals surface area contributed by atoms with Crippen LogP contribution in [-0.4, -0.2) is 35.5 Å². The van der Waals surface area contributed by atoms with Gasteiger partial charge < -0.3 is 10.1 Å². The van der Waals surface area contributed by atoms with Crippen LogP contribution in [0.1, 0.15) is 32.6 Å². The first-order valence-electron chi connectivity index (χ1n) is 5.75. The van der Waals surface area contributed by atoms with Crippen molar-refractivity contribution in [3.63, 3.8) is 0 Å². The molecule has 0 amide bonds. The fourth-order valence-corrected chi connectivity index (χ4v) is 2.83. The van der Waals surface area contributed by atoms with Crippen LogP contribution in [0.5, 0.6) is 0 Å². The summed E-state index contributed by atoms with van der Waals surface area (Å²) < 4.78 is 0. The van der Waals surface area contributed by atoms with Crippen molar-refractivity contribution in [1.82, 2.24) is 4.90 Å². The molecule has 1 saturated carbocycles. The molecule has 3 nitrogen and oxygen atoms in total. The van der Waals surface area contributed by atoms with E-state index in [1.165, 1.54) is 32.5 Å². The van der Waals surface area contributed by atoms with Gasteiger partial charge in [-0.25, -0.2) is 0 Å². The SMILES string of the molecule is CCCCN1CC2CC(=NO)CC2C1. The van der Waals surface area contributed by atoms with Gasteiger partial charge in [-0.2, -0.15) is 0 Å². The average Bonchev–Trinajstić information content (AvgIpc) is 2.71. The maximum absolute atomic E-state index is 8.70. The van der Waals surface area contributed by atoms with E-state index < -0.39 is 0 Å². The van der Waals surface area contributed by atoms with Gasteiger partial charge in [0.1, 0.15) is 0 Å². The van der Waals surface area contributed by atoms with Crippen LogP contribution in [0.25, 0.3) is 0 Å². The van der Waals surface area contributed by atoms with Crippen molar-refractivity contribution in [2.24, 2.45) is 17.0 Å². The smallest absolute Gasteiger partial charge is 0.0577 e. The maximum Gasteiger partial charge on any atom is 0.0577 e. The highest BCUT2D eigenvalue weighted by atomic mass is 16.4. The third-order valence-corrected chi connectivity index (χ3v) is 3.62. The van der Waals surface area contributed by atoms with Crippen LogP contribution >= 0.6 is 0 Å². The monoisotopic (exact) mass is 196 g/mol. The highest BCUT2D eigenvalue weighted by Crippen LogP contribution is 2.36. The minimum atomic E-state index is 0.776.